The Bertz CT molecular complexity index is 825. The molecule has 0 saturated heterocycles. The highest BCUT2D eigenvalue weighted by Crippen LogP contribution is 2.33. The lowest BCUT2D eigenvalue weighted by molar-refractivity contribution is 0.121. The Kier molecular flexibility index (Phi) is 3.42. The van der Waals surface area contributed by atoms with Crippen LogP contribution in [0.5, 0.6) is 0 Å². The first kappa shape index (κ1) is 14.1. The van der Waals surface area contributed by atoms with Gasteiger partial charge in [-0.05, 0) is 24.5 Å². The zero-order valence-corrected chi connectivity index (χ0v) is 13.1. The maximum atomic E-state index is 5.68. The molecule has 0 aliphatic carbocycles. The quantitative estimate of drug-likeness (QED) is 0.734. The predicted octanol–water partition coefficient (Wildman–Crippen LogP) is 2.37. The largest absolute Gasteiger partial charge is 0.424 e. The fourth-order valence-corrected chi connectivity index (χ4v) is 3.01. The van der Waals surface area contributed by atoms with Crippen molar-refractivity contribution in [2.45, 2.75) is 39.4 Å². The smallest absolute Gasteiger partial charge is 0.240 e. The van der Waals surface area contributed by atoms with E-state index in [1.165, 1.54) is 11.1 Å². The summed E-state index contributed by atoms with van der Waals surface area (Å²) in [4.78, 5) is 6.55. The fourth-order valence-electron chi connectivity index (χ4n) is 3.01. The maximum Gasteiger partial charge on any atom is 0.240 e. The summed E-state index contributed by atoms with van der Waals surface area (Å²) in [5.74, 6) is 2.45. The summed E-state index contributed by atoms with van der Waals surface area (Å²) < 4.78 is 11.0. The van der Waals surface area contributed by atoms with Crippen molar-refractivity contribution in [2.24, 2.45) is 0 Å². The minimum Gasteiger partial charge on any atom is -0.424 e. The number of aryl methyl sites for hydroxylation is 2. The van der Waals surface area contributed by atoms with Gasteiger partial charge in [-0.15, -0.1) is 10.2 Å². The van der Waals surface area contributed by atoms with E-state index in [9.17, 15) is 0 Å². The van der Waals surface area contributed by atoms with Gasteiger partial charge in [0.2, 0.25) is 17.7 Å². The van der Waals surface area contributed by atoms with E-state index in [4.69, 9.17) is 8.94 Å². The lowest BCUT2D eigenvalue weighted by atomic mass is 9.94. The van der Waals surface area contributed by atoms with Gasteiger partial charge in [0.1, 0.15) is 0 Å². The Balaban J connectivity index is 1.68. The van der Waals surface area contributed by atoms with Crippen LogP contribution in [-0.4, -0.2) is 25.2 Å². The summed E-state index contributed by atoms with van der Waals surface area (Å²) in [6.45, 7) is 4.96. The highest BCUT2D eigenvalue weighted by atomic mass is 16.5. The molecular weight excluding hydrogens is 294 g/mol. The van der Waals surface area contributed by atoms with Crippen LogP contribution in [0, 0.1) is 13.8 Å². The number of rotatable bonds is 3. The molecule has 0 radical (unpaired) electrons. The van der Waals surface area contributed by atoms with Gasteiger partial charge in [-0.1, -0.05) is 29.4 Å². The molecule has 7 heteroatoms. The zero-order chi connectivity index (χ0) is 15.8. The molecule has 3 aromatic rings. The second-order valence-corrected chi connectivity index (χ2v) is 5.79. The Morgan fingerprint density at radius 3 is 2.70 bits per heavy atom. The molecule has 4 rings (SSSR count). The van der Waals surface area contributed by atoms with E-state index in [2.05, 4.69) is 49.5 Å². The molecule has 118 valence electrons. The van der Waals surface area contributed by atoms with E-state index >= 15 is 0 Å². The number of hydrogen-bond donors (Lipinski definition) is 0. The first-order chi connectivity index (χ1) is 11.2. The van der Waals surface area contributed by atoms with Gasteiger partial charge in [-0.3, -0.25) is 4.90 Å². The van der Waals surface area contributed by atoms with Crippen LogP contribution in [0.3, 0.4) is 0 Å². The van der Waals surface area contributed by atoms with Crippen molar-refractivity contribution in [3.05, 3.63) is 58.9 Å². The van der Waals surface area contributed by atoms with Crippen LogP contribution >= 0.6 is 0 Å². The van der Waals surface area contributed by atoms with Crippen molar-refractivity contribution >= 4 is 0 Å². The van der Waals surface area contributed by atoms with E-state index in [0.717, 1.165) is 13.0 Å². The molecule has 1 aromatic carbocycles. The normalized spacial score (nSPS) is 18.1. The van der Waals surface area contributed by atoms with Gasteiger partial charge in [-0.2, -0.15) is 4.98 Å². The predicted molar refractivity (Wildman–Crippen MR) is 80.2 cm³/mol. The van der Waals surface area contributed by atoms with Crippen molar-refractivity contribution in [3.63, 3.8) is 0 Å². The van der Waals surface area contributed by atoms with E-state index in [1.54, 1.807) is 6.92 Å². The van der Waals surface area contributed by atoms with E-state index in [1.807, 2.05) is 6.92 Å². The number of aromatic nitrogens is 4. The van der Waals surface area contributed by atoms with Crippen LogP contribution in [0.1, 0.15) is 40.7 Å². The summed E-state index contributed by atoms with van der Waals surface area (Å²) in [5, 5.41) is 12.0. The maximum absolute atomic E-state index is 5.68. The fraction of sp³-hybridized carbons (Fsp3) is 0.375. The molecule has 0 spiro atoms. The lowest BCUT2D eigenvalue weighted by Gasteiger charge is -2.33. The van der Waals surface area contributed by atoms with Gasteiger partial charge in [0.15, 0.2) is 5.82 Å². The van der Waals surface area contributed by atoms with Gasteiger partial charge >= 0.3 is 0 Å². The average molecular weight is 311 g/mol. The molecule has 1 atom stereocenters. The summed E-state index contributed by atoms with van der Waals surface area (Å²) in [6.07, 6.45) is 0.824. The third-order valence-electron chi connectivity index (χ3n) is 4.08. The van der Waals surface area contributed by atoms with E-state index < -0.39 is 0 Å². The molecule has 2 aromatic heterocycles. The van der Waals surface area contributed by atoms with Crippen molar-refractivity contribution < 1.29 is 8.94 Å². The molecule has 0 saturated carbocycles. The van der Waals surface area contributed by atoms with Crippen LogP contribution in [0.25, 0.3) is 0 Å². The molecule has 0 N–H and O–H groups in total. The first-order valence-corrected chi connectivity index (χ1v) is 7.59. The van der Waals surface area contributed by atoms with Gasteiger partial charge < -0.3 is 8.94 Å². The topological polar surface area (TPSA) is 81.1 Å². The van der Waals surface area contributed by atoms with Crippen molar-refractivity contribution in [1.29, 1.82) is 0 Å². The summed E-state index contributed by atoms with van der Waals surface area (Å²) in [5.41, 5.74) is 2.61. The molecule has 0 amide bonds. The first-order valence-electron chi connectivity index (χ1n) is 7.59. The van der Waals surface area contributed by atoms with Crippen LogP contribution in [-0.2, 0) is 19.5 Å². The standard InChI is InChI=1S/C16H17N5O2/c1-10-17-15(23-20-10)9-21-8-13-6-4-3-5-12(13)7-14(21)16-19-18-11(2)22-16/h3-6,14H,7-9H2,1-2H3/t14-/m1/s1. The second-order valence-electron chi connectivity index (χ2n) is 5.79. The van der Waals surface area contributed by atoms with Gasteiger partial charge in [0, 0.05) is 13.5 Å². The number of benzene rings is 1. The molecule has 7 nitrogen and oxygen atoms in total. The van der Waals surface area contributed by atoms with Crippen molar-refractivity contribution in [3.8, 4) is 0 Å². The number of fused-ring (bicyclic) bond motifs is 1. The Morgan fingerprint density at radius 1 is 1.17 bits per heavy atom. The van der Waals surface area contributed by atoms with Crippen LogP contribution in [0.15, 0.2) is 33.2 Å². The van der Waals surface area contributed by atoms with Crippen molar-refractivity contribution in [2.75, 3.05) is 0 Å². The Hall–Kier alpha value is -2.54. The van der Waals surface area contributed by atoms with Gasteiger partial charge in [0.05, 0.1) is 12.6 Å². The molecule has 23 heavy (non-hydrogen) atoms. The number of nitrogens with zero attached hydrogens (tertiary/aromatic N) is 5. The third kappa shape index (κ3) is 2.75. The van der Waals surface area contributed by atoms with Crippen molar-refractivity contribution in [1.82, 2.24) is 25.2 Å². The van der Waals surface area contributed by atoms with Crippen LogP contribution in [0.4, 0.5) is 0 Å². The summed E-state index contributed by atoms with van der Waals surface area (Å²) >= 11 is 0. The minimum atomic E-state index is 0.0123. The zero-order valence-electron chi connectivity index (χ0n) is 13.1. The monoisotopic (exact) mass is 311 g/mol. The SMILES string of the molecule is Cc1noc(CN2Cc3ccccc3C[C@@H]2c2nnc(C)o2)n1. The third-order valence-corrected chi connectivity index (χ3v) is 4.08. The van der Waals surface area contributed by atoms with Gasteiger partial charge in [-0.25, -0.2) is 0 Å². The Labute approximate surface area is 133 Å². The van der Waals surface area contributed by atoms with E-state index in [-0.39, 0.29) is 6.04 Å². The molecule has 1 aliphatic heterocycles. The highest BCUT2D eigenvalue weighted by molar-refractivity contribution is 5.30. The summed E-state index contributed by atoms with van der Waals surface area (Å²) in [6, 6.07) is 8.44. The van der Waals surface area contributed by atoms with Crippen LogP contribution < -0.4 is 0 Å². The highest BCUT2D eigenvalue weighted by Gasteiger charge is 2.32. The minimum absolute atomic E-state index is 0.0123. The molecule has 1 aliphatic rings. The lowest BCUT2D eigenvalue weighted by Crippen LogP contribution is -2.34. The van der Waals surface area contributed by atoms with Crippen LogP contribution in [0.2, 0.25) is 0 Å². The second kappa shape index (κ2) is 5.58. The molecule has 3 heterocycles. The average Bonchev–Trinajstić information content (AvgIpc) is 3.15. The van der Waals surface area contributed by atoms with E-state index in [0.29, 0.717) is 30.0 Å². The van der Waals surface area contributed by atoms with Gasteiger partial charge in [0.25, 0.3) is 0 Å². The Morgan fingerprint density at radius 2 is 2.00 bits per heavy atom. The number of hydrogen-bond acceptors (Lipinski definition) is 7. The molecule has 0 fully saturated rings. The summed E-state index contributed by atoms with van der Waals surface area (Å²) in [7, 11) is 0. The molecule has 0 unspecified atom stereocenters. The molecule has 0 bridgehead atoms. The molecular formula is C16H17N5O2.